The highest BCUT2D eigenvalue weighted by molar-refractivity contribution is 5.71. The van der Waals surface area contributed by atoms with Crippen LogP contribution in [0, 0.1) is 0 Å². The molecule has 8 heteroatoms. The predicted octanol–water partition coefficient (Wildman–Crippen LogP) is 3.84. The standard InChI is InChI=1S/C20H21N7O/c1-12(2)16-9-18(26-25-16)15-11-23-20(24-19(15)21)22-10-14-8-17(27-28-14)13-6-4-3-5-7-13/h3-9,11-12H,10H2,1-2H3,(H,25,26)(H3,21,22,23,24). The molecule has 0 spiro atoms. The van der Waals surface area contributed by atoms with Crippen molar-refractivity contribution in [2.75, 3.05) is 11.1 Å². The fraction of sp³-hybridized carbons (Fsp3) is 0.200. The quantitative estimate of drug-likeness (QED) is 0.468. The van der Waals surface area contributed by atoms with E-state index < -0.39 is 0 Å². The van der Waals surface area contributed by atoms with Gasteiger partial charge in [0.15, 0.2) is 5.76 Å². The average Bonchev–Trinajstić information content (AvgIpc) is 3.37. The van der Waals surface area contributed by atoms with Crippen LogP contribution in [0.3, 0.4) is 0 Å². The van der Waals surface area contributed by atoms with Crippen molar-refractivity contribution in [1.29, 1.82) is 0 Å². The Bertz CT molecular complexity index is 1070. The highest BCUT2D eigenvalue weighted by atomic mass is 16.5. The summed E-state index contributed by atoms with van der Waals surface area (Å²) < 4.78 is 5.38. The Morgan fingerprint density at radius 2 is 1.96 bits per heavy atom. The number of nitrogen functional groups attached to an aromatic ring is 1. The Morgan fingerprint density at radius 3 is 2.68 bits per heavy atom. The number of benzene rings is 1. The van der Waals surface area contributed by atoms with Crippen molar-refractivity contribution >= 4 is 11.8 Å². The molecule has 0 aliphatic heterocycles. The molecule has 4 N–H and O–H groups in total. The van der Waals surface area contributed by atoms with Gasteiger partial charge in [-0.05, 0) is 12.0 Å². The number of rotatable bonds is 6. The third-order valence-electron chi connectivity index (χ3n) is 4.36. The maximum Gasteiger partial charge on any atom is 0.225 e. The first-order valence-corrected chi connectivity index (χ1v) is 9.03. The Kier molecular flexibility index (Phi) is 4.76. The zero-order valence-electron chi connectivity index (χ0n) is 15.7. The molecule has 0 fully saturated rings. The van der Waals surface area contributed by atoms with Crippen molar-refractivity contribution in [1.82, 2.24) is 25.3 Å². The summed E-state index contributed by atoms with van der Waals surface area (Å²) in [5.41, 5.74) is 10.4. The van der Waals surface area contributed by atoms with Gasteiger partial charge in [0, 0.05) is 23.5 Å². The monoisotopic (exact) mass is 375 g/mol. The molecule has 3 aromatic heterocycles. The van der Waals surface area contributed by atoms with Gasteiger partial charge in [-0.15, -0.1) is 0 Å². The van der Waals surface area contributed by atoms with E-state index in [1.807, 2.05) is 42.5 Å². The zero-order valence-corrected chi connectivity index (χ0v) is 15.7. The molecular formula is C20H21N7O. The summed E-state index contributed by atoms with van der Waals surface area (Å²) in [6, 6.07) is 13.7. The molecule has 0 amide bonds. The first kappa shape index (κ1) is 17.7. The van der Waals surface area contributed by atoms with Crippen LogP contribution in [0.1, 0.15) is 31.2 Å². The number of nitrogens with one attached hydrogen (secondary N) is 2. The summed E-state index contributed by atoms with van der Waals surface area (Å²) >= 11 is 0. The smallest absolute Gasteiger partial charge is 0.225 e. The molecule has 0 saturated carbocycles. The SMILES string of the molecule is CC(C)c1cc(-c2cnc(NCc3cc(-c4ccccc4)no3)nc2N)n[nH]1. The van der Waals surface area contributed by atoms with E-state index in [1.54, 1.807) is 6.20 Å². The minimum absolute atomic E-state index is 0.354. The molecule has 0 unspecified atom stereocenters. The second-order valence-corrected chi connectivity index (χ2v) is 6.75. The van der Waals surface area contributed by atoms with Crippen LogP contribution in [0.5, 0.6) is 0 Å². The lowest BCUT2D eigenvalue weighted by Crippen LogP contribution is -2.05. The number of hydrogen-bond donors (Lipinski definition) is 3. The highest BCUT2D eigenvalue weighted by Crippen LogP contribution is 2.25. The van der Waals surface area contributed by atoms with Crippen LogP contribution in [0.25, 0.3) is 22.5 Å². The Morgan fingerprint density at radius 1 is 1.14 bits per heavy atom. The predicted molar refractivity (Wildman–Crippen MR) is 107 cm³/mol. The van der Waals surface area contributed by atoms with Crippen LogP contribution in [0.2, 0.25) is 0 Å². The molecule has 1 aromatic carbocycles. The molecule has 0 radical (unpaired) electrons. The van der Waals surface area contributed by atoms with Crippen molar-refractivity contribution in [3.05, 3.63) is 60.1 Å². The summed E-state index contributed by atoms with van der Waals surface area (Å²) in [6.45, 7) is 4.59. The van der Waals surface area contributed by atoms with E-state index in [4.69, 9.17) is 10.3 Å². The molecule has 0 aliphatic carbocycles. The summed E-state index contributed by atoms with van der Waals surface area (Å²) in [6.07, 6.45) is 1.67. The average molecular weight is 375 g/mol. The lowest BCUT2D eigenvalue weighted by Gasteiger charge is -2.05. The molecule has 0 aliphatic rings. The van der Waals surface area contributed by atoms with Crippen molar-refractivity contribution in [2.24, 2.45) is 0 Å². The molecule has 8 nitrogen and oxygen atoms in total. The van der Waals surface area contributed by atoms with E-state index in [9.17, 15) is 0 Å². The molecule has 28 heavy (non-hydrogen) atoms. The van der Waals surface area contributed by atoms with E-state index in [1.165, 1.54) is 0 Å². The molecule has 142 valence electrons. The number of H-pyrrole nitrogens is 1. The van der Waals surface area contributed by atoms with E-state index in [0.717, 1.165) is 22.6 Å². The fourth-order valence-electron chi connectivity index (χ4n) is 2.76. The van der Waals surface area contributed by atoms with Gasteiger partial charge in [0.1, 0.15) is 11.5 Å². The van der Waals surface area contributed by atoms with Gasteiger partial charge in [-0.25, -0.2) is 4.98 Å². The largest absolute Gasteiger partial charge is 0.383 e. The number of aromatic amines is 1. The van der Waals surface area contributed by atoms with E-state index in [-0.39, 0.29) is 0 Å². The van der Waals surface area contributed by atoms with E-state index >= 15 is 0 Å². The van der Waals surface area contributed by atoms with Gasteiger partial charge in [0.25, 0.3) is 0 Å². The molecule has 0 bridgehead atoms. The maximum absolute atomic E-state index is 6.11. The third-order valence-corrected chi connectivity index (χ3v) is 4.36. The minimum Gasteiger partial charge on any atom is -0.383 e. The molecular weight excluding hydrogens is 354 g/mol. The summed E-state index contributed by atoms with van der Waals surface area (Å²) in [4.78, 5) is 8.66. The van der Waals surface area contributed by atoms with Crippen LogP contribution >= 0.6 is 0 Å². The van der Waals surface area contributed by atoms with E-state index in [2.05, 4.69) is 44.5 Å². The molecule has 4 rings (SSSR count). The Labute approximate surface area is 162 Å². The first-order valence-electron chi connectivity index (χ1n) is 9.03. The summed E-state index contributed by atoms with van der Waals surface area (Å²) in [5.74, 6) is 1.81. The zero-order chi connectivity index (χ0) is 19.5. The van der Waals surface area contributed by atoms with Gasteiger partial charge in [-0.2, -0.15) is 10.1 Å². The second-order valence-electron chi connectivity index (χ2n) is 6.75. The topological polar surface area (TPSA) is 119 Å². The van der Waals surface area contributed by atoms with Crippen LogP contribution in [-0.4, -0.2) is 25.3 Å². The number of nitrogens with zero attached hydrogens (tertiary/aromatic N) is 4. The van der Waals surface area contributed by atoms with Gasteiger partial charge in [0.2, 0.25) is 5.95 Å². The van der Waals surface area contributed by atoms with Gasteiger partial charge >= 0.3 is 0 Å². The lowest BCUT2D eigenvalue weighted by atomic mass is 10.1. The number of anilines is 2. The summed E-state index contributed by atoms with van der Waals surface area (Å²) in [5, 5.41) is 14.5. The third kappa shape index (κ3) is 3.71. The molecule has 4 aromatic rings. The van der Waals surface area contributed by atoms with Gasteiger partial charge in [-0.1, -0.05) is 49.3 Å². The second kappa shape index (κ2) is 7.51. The number of hydrogen-bond acceptors (Lipinski definition) is 7. The van der Waals surface area contributed by atoms with Crippen LogP contribution in [0.4, 0.5) is 11.8 Å². The number of nitrogens with two attached hydrogens (primary N) is 1. The van der Waals surface area contributed by atoms with Crippen molar-refractivity contribution in [3.8, 4) is 22.5 Å². The summed E-state index contributed by atoms with van der Waals surface area (Å²) in [7, 11) is 0. The molecule has 0 saturated heterocycles. The minimum atomic E-state index is 0.354. The van der Waals surface area contributed by atoms with Crippen LogP contribution in [-0.2, 0) is 6.54 Å². The van der Waals surface area contributed by atoms with Gasteiger partial charge in [-0.3, -0.25) is 5.10 Å². The molecule has 0 atom stereocenters. The highest BCUT2D eigenvalue weighted by Gasteiger charge is 2.12. The van der Waals surface area contributed by atoms with Gasteiger partial charge in [0.05, 0.1) is 17.8 Å². The van der Waals surface area contributed by atoms with Gasteiger partial charge < -0.3 is 15.6 Å². The van der Waals surface area contributed by atoms with Crippen molar-refractivity contribution in [2.45, 2.75) is 26.3 Å². The van der Waals surface area contributed by atoms with Crippen LogP contribution in [0.15, 0.2) is 53.2 Å². The normalized spacial score (nSPS) is 11.1. The Balaban J connectivity index is 1.44. The molecule has 3 heterocycles. The number of aromatic nitrogens is 5. The van der Waals surface area contributed by atoms with Crippen LogP contribution < -0.4 is 11.1 Å². The first-order chi connectivity index (χ1) is 13.6. The van der Waals surface area contributed by atoms with Crippen molar-refractivity contribution in [3.63, 3.8) is 0 Å². The van der Waals surface area contributed by atoms with Crippen molar-refractivity contribution < 1.29 is 4.52 Å². The Hall–Kier alpha value is -3.68. The van der Waals surface area contributed by atoms with E-state index in [0.29, 0.717) is 35.6 Å². The lowest BCUT2D eigenvalue weighted by molar-refractivity contribution is 0.390. The maximum atomic E-state index is 6.11. The fourth-order valence-corrected chi connectivity index (χ4v) is 2.76.